The van der Waals surface area contributed by atoms with Crippen LogP contribution in [0.25, 0.3) is 0 Å². The molecule has 1 heterocycles. The number of ether oxygens (including phenoxy) is 2. The molecule has 110 valence electrons. The molecule has 2 rings (SSSR count). The Hall–Kier alpha value is -1.85. The lowest BCUT2D eigenvalue weighted by molar-refractivity contribution is -0.162. The van der Waals surface area contributed by atoms with Gasteiger partial charge in [-0.15, -0.1) is 0 Å². The van der Waals surface area contributed by atoms with E-state index in [0.717, 1.165) is 19.3 Å². The molecule has 1 aliphatic carbocycles. The molecule has 0 aromatic rings. The molecule has 1 saturated heterocycles. The topological polar surface area (TPSA) is 89.9 Å². The summed E-state index contributed by atoms with van der Waals surface area (Å²) in [4.78, 5) is 35.0. The second-order valence-electron chi connectivity index (χ2n) is 5.47. The van der Waals surface area contributed by atoms with E-state index in [1.165, 1.54) is 6.92 Å². The van der Waals surface area contributed by atoms with Gasteiger partial charge in [-0.2, -0.15) is 0 Å². The number of carboxylic acids is 1. The van der Waals surface area contributed by atoms with Crippen molar-refractivity contribution >= 4 is 17.9 Å². The lowest BCUT2D eigenvalue weighted by Gasteiger charge is -2.35. The first-order chi connectivity index (χ1) is 9.37. The summed E-state index contributed by atoms with van der Waals surface area (Å²) >= 11 is 0. The fraction of sp³-hybridized carbons (Fsp3) is 0.643. The zero-order valence-corrected chi connectivity index (χ0v) is 11.4. The summed E-state index contributed by atoms with van der Waals surface area (Å²) in [7, 11) is 0. The third-order valence-electron chi connectivity index (χ3n) is 3.95. The standard InChI is InChI=1S/C14H18O6/c1-8(2)12(17)19-10-9(11(15)16)14(20-13(10)18)6-4-3-5-7-14/h9-10H,1,3-7H2,2H3,(H,15,16). The van der Waals surface area contributed by atoms with E-state index >= 15 is 0 Å². The summed E-state index contributed by atoms with van der Waals surface area (Å²) < 4.78 is 10.3. The molecule has 2 unspecified atom stereocenters. The highest BCUT2D eigenvalue weighted by Crippen LogP contribution is 2.45. The molecule has 0 bridgehead atoms. The molecule has 2 atom stereocenters. The summed E-state index contributed by atoms with van der Waals surface area (Å²) in [5.74, 6) is -3.85. The van der Waals surface area contributed by atoms with E-state index in [4.69, 9.17) is 9.47 Å². The largest absolute Gasteiger partial charge is 0.481 e. The third kappa shape index (κ3) is 2.42. The fourth-order valence-corrected chi connectivity index (χ4v) is 2.98. The predicted octanol–water partition coefficient (Wildman–Crippen LogP) is 1.43. The third-order valence-corrected chi connectivity index (χ3v) is 3.95. The van der Waals surface area contributed by atoms with Gasteiger partial charge < -0.3 is 14.6 Å². The van der Waals surface area contributed by atoms with Crippen LogP contribution in [-0.4, -0.2) is 34.7 Å². The number of hydrogen-bond donors (Lipinski definition) is 1. The number of carbonyl (C=O) groups is 3. The monoisotopic (exact) mass is 282 g/mol. The molecule has 1 saturated carbocycles. The molecule has 2 aliphatic rings. The molecule has 0 aromatic carbocycles. The van der Waals surface area contributed by atoms with E-state index in [9.17, 15) is 19.5 Å². The minimum atomic E-state index is -1.38. The minimum absolute atomic E-state index is 0.117. The molecule has 6 nitrogen and oxygen atoms in total. The number of carbonyl (C=O) groups excluding carboxylic acids is 2. The molecule has 1 N–H and O–H groups in total. The Morgan fingerprint density at radius 2 is 1.95 bits per heavy atom. The van der Waals surface area contributed by atoms with Crippen LogP contribution in [-0.2, 0) is 23.9 Å². The normalized spacial score (nSPS) is 27.9. The highest BCUT2D eigenvalue weighted by atomic mass is 16.6. The molecule has 1 spiro atoms. The van der Waals surface area contributed by atoms with Gasteiger partial charge >= 0.3 is 17.9 Å². The van der Waals surface area contributed by atoms with Crippen molar-refractivity contribution in [2.24, 2.45) is 5.92 Å². The second kappa shape index (κ2) is 5.26. The van der Waals surface area contributed by atoms with Crippen LogP contribution in [0.5, 0.6) is 0 Å². The molecule has 0 radical (unpaired) electrons. The van der Waals surface area contributed by atoms with Crippen LogP contribution < -0.4 is 0 Å². The van der Waals surface area contributed by atoms with Crippen molar-refractivity contribution in [2.75, 3.05) is 0 Å². The molecular formula is C14H18O6. The molecule has 1 aliphatic heterocycles. The number of aliphatic carboxylic acids is 1. The lowest BCUT2D eigenvalue weighted by Crippen LogP contribution is -2.45. The zero-order valence-electron chi connectivity index (χ0n) is 11.4. The predicted molar refractivity (Wildman–Crippen MR) is 67.7 cm³/mol. The molecule has 2 fully saturated rings. The van der Waals surface area contributed by atoms with E-state index < -0.39 is 35.5 Å². The molecular weight excluding hydrogens is 264 g/mol. The van der Waals surface area contributed by atoms with Crippen LogP contribution in [0.1, 0.15) is 39.0 Å². The van der Waals surface area contributed by atoms with Crippen molar-refractivity contribution in [3.05, 3.63) is 12.2 Å². The summed E-state index contributed by atoms with van der Waals surface area (Å²) in [6.45, 7) is 4.86. The number of rotatable bonds is 3. The van der Waals surface area contributed by atoms with Crippen molar-refractivity contribution in [1.29, 1.82) is 0 Å². The number of hydrogen-bond acceptors (Lipinski definition) is 5. The first-order valence-corrected chi connectivity index (χ1v) is 6.69. The quantitative estimate of drug-likeness (QED) is 0.622. The Bertz CT molecular complexity index is 460. The van der Waals surface area contributed by atoms with Gasteiger partial charge in [0.05, 0.1) is 0 Å². The summed E-state index contributed by atoms with van der Waals surface area (Å²) in [5.41, 5.74) is -0.909. The van der Waals surface area contributed by atoms with Crippen molar-refractivity contribution in [1.82, 2.24) is 0 Å². The maximum Gasteiger partial charge on any atom is 0.349 e. The molecule has 6 heteroatoms. The van der Waals surface area contributed by atoms with E-state index in [0.29, 0.717) is 12.8 Å². The Morgan fingerprint density at radius 3 is 2.45 bits per heavy atom. The average Bonchev–Trinajstić information content (AvgIpc) is 2.62. The van der Waals surface area contributed by atoms with Gasteiger partial charge in [0.1, 0.15) is 11.5 Å². The van der Waals surface area contributed by atoms with Gasteiger partial charge in [0.25, 0.3) is 0 Å². The van der Waals surface area contributed by atoms with Crippen molar-refractivity contribution in [2.45, 2.75) is 50.7 Å². The highest BCUT2D eigenvalue weighted by molar-refractivity contribution is 5.93. The first-order valence-electron chi connectivity index (χ1n) is 6.69. The van der Waals surface area contributed by atoms with E-state index in [1.807, 2.05) is 0 Å². The smallest absolute Gasteiger partial charge is 0.349 e. The van der Waals surface area contributed by atoms with Crippen LogP contribution in [0.2, 0.25) is 0 Å². The van der Waals surface area contributed by atoms with Crippen LogP contribution in [0.15, 0.2) is 12.2 Å². The van der Waals surface area contributed by atoms with E-state index in [2.05, 4.69) is 6.58 Å². The Balaban J connectivity index is 2.27. The minimum Gasteiger partial charge on any atom is -0.481 e. The second-order valence-corrected chi connectivity index (χ2v) is 5.47. The molecule has 0 aromatic heterocycles. The summed E-state index contributed by atoms with van der Waals surface area (Å²) in [5, 5.41) is 9.42. The van der Waals surface area contributed by atoms with Crippen LogP contribution >= 0.6 is 0 Å². The first kappa shape index (κ1) is 14.6. The molecule has 20 heavy (non-hydrogen) atoms. The average molecular weight is 282 g/mol. The fourth-order valence-electron chi connectivity index (χ4n) is 2.98. The van der Waals surface area contributed by atoms with Crippen molar-refractivity contribution in [3.63, 3.8) is 0 Å². The van der Waals surface area contributed by atoms with Gasteiger partial charge in [-0.05, 0) is 32.6 Å². The summed E-state index contributed by atoms with van der Waals surface area (Å²) in [6.07, 6.45) is 2.21. The Kier molecular flexibility index (Phi) is 3.83. The highest BCUT2D eigenvalue weighted by Gasteiger charge is 2.61. The number of carboxylic acid groups (broad SMARTS) is 1. The van der Waals surface area contributed by atoms with Gasteiger partial charge in [0.2, 0.25) is 6.10 Å². The van der Waals surface area contributed by atoms with Gasteiger partial charge in [-0.3, -0.25) is 4.79 Å². The summed E-state index contributed by atoms with van der Waals surface area (Å²) in [6, 6.07) is 0. The zero-order chi connectivity index (χ0) is 14.9. The Labute approximate surface area is 116 Å². The number of esters is 2. The maximum atomic E-state index is 11.9. The van der Waals surface area contributed by atoms with E-state index in [1.54, 1.807) is 0 Å². The van der Waals surface area contributed by atoms with Gasteiger partial charge in [0.15, 0.2) is 0 Å². The van der Waals surface area contributed by atoms with E-state index in [-0.39, 0.29) is 5.57 Å². The van der Waals surface area contributed by atoms with Crippen molar-refractivity contribution < 1.29 is 29.0 Å². The SMILES string of the molecule is C=C(C)C(=O)OC1C(=O)OC2(CCCCC2)C1C(=O)O. The van der Waals surface area contributed by atoms with Crippen LogP contribution in [0.4, 0.5) is 0 Å². The Morgan fingerprint density at radius 1 is 1.35 bits per heavy atom. The van der Waals surface area contributed by atoms with Gasteiger partial charge in [-0.25, -0.2) is 9.59 Å². The maximum absolute atomic E-state index is 11.9. The van der Waals surface area contributed by atoms with Crippen LogP contribution in [0, 0.1) is 5.92 Å². The van der Waals surface area contributed by atoms with Gasteiger partial charge in [0, 0.05) is 5.57 Å². The molecule has 0 amide bonds. The van der Waals surface area contributed by atoms with Crippen molar-refractivity contribution in [3.8, 4) is 0 Å². The van der Waals surface area contributed by atoms with Crippen LogP contribution in [0.3, 0.4) is 0 Å². The van der Waals surface area contributed by atoms with Gasteiger partial charge in [-0.1, -0.05) is 13.0 Å². The lowest BCUT2D eigenvalue weighted by atomic mass is 9.75.